The summed E-state index contributed by atoms with van der Waals surface area (Å²) in [5, 5.41) is 4.54. The van der Waals surface area contributed by atoms with Gasteiger partial charge < -0.3 is 10.2 Å². The molecule has 1 saturated heterocycles. The molecule has 5 rings (SSSR count). The van der Waals surface area contributed by atoms with Crippen molar-refractivity contribution in [3.05, 3.63) is 52.2 Å². The van der Waals surface area contributed by atoms with Gasteiger partial charge in [-0.1, -0.05) is 24.3 Å². The van der Waals surface area contributed by atoms with Crippen LogP contribution in [0.5, 0.6) is 0 Å². The van der Waals surface area contributed by atoms with Crippen molar-refractivity contribution in [1.29, 1.82) is 0 Å². The first-order valence-electron chi connectivity index (χ1n) is 11.0. The molecule has 5 nitrogen and oxygen atoms in total. The summed E-state index contributed by atoms with van der Waals surface area (Å²) in [6.07, 6.45) is 6.71. The van der Waals surface area contributed by atoms with E-state index >= 15 is 0 Å². The molecule has 2 aromatic heterocycles. The molecular formula is C24H28N4OS. The fraction of sp³-hybridized carbons (Fsp3) is 0.458. The molecule has 0 radical (unpaired) electrons. The number of benzene rings is 1. The van der Waals surface area contributed by atoms with E-state index in [1.54, 1.807) is 17.7 Å². The summed E-state index contributed by atoms with van der Waals surface area (Å²) in [6, 6.07) is 8.72. The van der Waals surface area contributed by atoms with Crippen LogP contribution in [0.15, 0.2) is 30.6 Å². The van der Waals surface area contributed by atoms with Crippen LogP contribution >= 0.6 is 11.3 Å². The lowest BCUT2D eigenvalue weighted by molar-refractivity contribution is -0.126. The fourth-order valence-electron chi connectivity index (χ4n) is 4.95. The van der Waals surface area contributed by atoms with E-state index in [0.717, 1.165) is 55.8 Å². The summed E-state index contributed by atoms with van der Waals surface area (Å²) in [5.41, 5.74) is 3.97. The average molecular weight is 421 g/mol. The van der Waals surface area contributed by atoms with Crippen LogP contribution < -0.4 is 10.2 Å². The number of piperidine rings is 1. The first kappa shape index (κ1) is 19.5. The second-order valence-corrected chi connectivity index (χ2v) is 9.78. The van der Waals surface area contributed by atoms with Crippen LogP contribution in [0.4, 0.5) is 5.82 Å². The molecule has 0 saturated carbocycles. The van der Waals surface area contributed by atoms with Crippen molar-refractivity contribution in [2.24, 2.45) is 5.92 Å². The number of rotatable bonds is 3. The van der Waals surface area contributed by atoms with E-state index in [-0.39, 0.29) is 17.9 Å². The van der Waals surface area contributed by atoms with Crippen LogP contribution in [0.1, 0.15) is 53.3 Å². The minimum absolute atomic E-state index is 0.0815. The molecule has 1 aromatic carbocycles. The Balaban J connectivity index is 1.26. The number of amides is 1. The minimum Gasteiger partial charge on any atom is -0.356 e. The van der Waals surface area contributed by atoms with E-state index in [4.69, 9.17) is 0 Å². The normalized spacial score (nSPS) is 19.7. The number of hydrogen-bond acceptors (Lipinski definition) is 5. The summed E-state index contributed by atoms with van der Waals surface area (Å²) >= 11 is 1.73. The third kappa shape index (κ3) is 3.47. The third-order valence-electron chi connectivity index (χ3n) is 6.80. The highest BCUT2D eigenvalue weighted by Gasteiger charge is 2.30. The molecule has 1 fully saturated rings. The Morgan fingerprint density at radius 1 is 1.13 bits per heavy atom. The number of nitrogens with zero attached hydrogens (tertiary/aromatic N) is 3. The monoisotopic (exact) mass is 420 g/mol. The van der Waals surface area contributed by atoms with Crippen LogP contribution in [-0.4, -0.2) is 29.0 Å². The largest absolute Gasteiger partial charge is 0.356 e. The van der Waals surface area contributed by atoms with Gasteiger partial charge in [-0.05, 0) is 62.6 Å². The predicted octanol–water partition coefficient (Wildman–Crippen LogP) is 4.72. The molecule has 1 atom stereocenters. The van der Waals surface area contributed by atoms with E-state index in [2.05, 4.69) is 58.3 Å². The number of thiophene rings is 1. The van der Waals surface area contributed by atoms with Crippen LogP contribution in [0.2, 0.25) is 0 Å². The van der Waals surface area contributed by atoms with Gasteiger partial charge in [0.2, 0.25) is 5.91 Å². The van der Waals surface area contributed by atoms with Crippen molar-refractivity contribution >= 4 is 33.3 Å². The molecule has 156 valence electrons. The van der Waals surface area contributed by atoms with Gasteiger partial charge in [0.05, 0.1) is 11.4 Å². The first-order chi connectivity index (χ1) is 14.6. The van der Waals surface area contributed by atoms with E-state index in [1.165, 1.54) is 27.0 Å². The molecule has 1 amide bonds. The maximum atomic E-state index is 13.0. The van der Waals surface area contributed by atoms with Crippen molar-refractivity contribution in [3.63, 3.8) is 0 Å². The molecule has 1 aliphatic carbocycles. The summed E-state index contributed by atoms with van der Waals surface area (Å²) < 4.78 is 0. The summed E-state index contributed by atoms with van der Waals surface area (Å²) in [7, 11) is 0. The van der Waals surface area contributed by atoms with Gasteiger partial charge >= 0.3 is 0 Å². The number of aromatic nitrogens is 2. The number of aryl methyl sites for hydroxylation is 3. The van der Waals surface area contributed by atoms with Crippen molar-refractivity contribution < 1.29 is 4.79 Å². The van der Waals surface area contributed by atoms with E-state index in [9.17, 15) is 4.79 Å². The Morgan fingerprint density at radius 2 is 1.93 bits per heavy atom. The summed E-state index contributed by atoms with van der Waals surface area (Å²) in [5.74, 6) is 1.33. The molecule has 2 aliphatic rings. The van der Waals surface area contributed by atoms with Crippen molar-refractivity contribution in [2.75, 3.05) is 18.0 Å². The lowest BCUT2D eigenvalue weighted by Gasteiger charge is -2.34. The SMILES string of the molecule is Cc1sc2ncnc(N3CCC(C(=O)NC4CCCc5ccccc54)CC3)c2c1C. The number of fused-ring (bicyclic) bond motifs is 2. The number of carbonyl (C=O) groups is 1. The van der Waals surface area contributed by atoms with E-state index in [1.807, 2.05) is 0 Å². The van der Waals surface area contributed by atoms with Crippen LogP contribution in [0.25, 0.3) is 10.2 Å². The Bertz CT molecular complexity index is 1080. The molecule has 1 N–H and O–H groups in total. The quantitative estimate of drug-likeness (QED) is 0.666. The Labute approximate surface area is 181 Å². The first-order valence-corrected chi connectivity index (χ1v) is 11.8. The van der Waals surface area contributed by atoms with Gasteiger partial charge in [-0.15, -0.1) is 11.3 Å². The van der Waals surface area contributed by atoms with Gasteiger partial charge in [0.15, 0.2) is 0 Å². The number of anilines is 1. The van der Waals surface area contributed by atoms with Crippen molar-refractivity contribution in [3.8, 4) is 0 Å². The number of hydrogen-bond donors (Lipinski definition) is 1. The molecule has 0 spiro atoms. The Hall–Kier alpha value is -2.47. The molecule has 6 heteroatoms. The van der Waals surface area contributed by atoms with Crippen molar-refractivity contribution in [1.82, 2.24) is 15.3 Å². The minimum atomic E-state index is 0.0815. The van der Waals surface area contributed by atoms with Gasteiger partial charge in [-0.2, -0.15) is 0 Å². The smallest absolute Gasteiger partial charge is 0.223 e. The fourth-order valence-corrected chi connectivity index (χ4v) is 5.94. The highest BCUT2D eigenvalue weighted by Crippen LogP contribution is 2.36. The Kier molecular flexibility index (Phi) is 5.19. The molecule has 1 unspecified atom stereocenters. The highest BCUT2D eigenvalue weighted by molar-refractivity contribution is 7.18. The van der Waals surface area contributed by atoms with Crippen LogP contribution in [0, 0.1) is 19.8 Å². The van der Waals surface area contributed by atoms with Gasteiger partial charge in [-0.25, -0.2) is 9.97 Å². The Morgan fingerprint density at radius 3 is 2.77 bits per heavy atom. The number of carbonyl (C=O) groups excluding carboxylic acids is 1. The van der Waals surface area contributed by atoms with E-state index < -0.39 is 0 Å². The molecular weight excluding hydrogens is 392 g/mol. The summed E-state index contributed by atoms with van der Waals surface area (Å²) in [6.45, 7) is 6.02. The molecule has 1 aliphatic heterocycles. The maximum absolute atomic E-state index is 13.0. The lowest BCUT2D eigenvalue weighted by atomic mass is 9.87. The predicted molar refractivity (Wildman–Crippen MR) is 122 cm³/mol. The zero-order valence-corrected chi connectivity index (χ0v) is 18.5. The van der Waals surface area contributed by atoms with Gasteiger partial charge in [0.25, 0.3) is 0 Å². The average Bonchev–Trinajstić information content (AvgIpc) is 3.08. The molecule has 3 heterocycles. The van der Waals surface area contributed by atoms with Gasteiger partial charge in [0, 0.05) is 23.9 Å². The second kappa shape index (κ2) is 7.99. The standard InChI is InChI=1S/C24H28N4OS/c1-15-16(2)30-24-21(15)22(25-14-26-24)28-12-10-18(11-13-28)23(29)27-20-9-5-7-17-6-3-4-8-19(17)20/h3-4,6,8,14,18,20H,5,7,9-13H2,1-2H3,(H,27,29). The number of nitrogens with one attached hydrogen (secondary N) is 1. The van der Waals surface area contributed by atoms with Gasteiger partial charge in [-0.3, -0.25) is 4.79 Å². The maximum Gasteiger partial charge on any atom is 0.223 e. The molecule has 30 heavy (non-hydrogen) atoms. The molecule has 3 aromatic rings. The zero-order valence-electron chi connectivity index (χ0n) is 17.6. The van der Waals surface area contributed by atoms with E-state index in [0.29, 0.717) is 0 Å². The van der Waals surface area contributed by atoms with Crippen molar-refractivity contribution in [2.45, 2.75) is 52.0 Å². The topological polar surface area (TPSA) is 58.1 Å². The molecule has 0 bridgehead atoms. The zero-order chi connectivity index (χ0) is 20.7. The lowest BCUT2D eigenvalue weighted by Crippen LogP contribution is -2.42. The third-order valence-corrected chi connectivity index (χ3v) is 7.91. The van der Waals surface area contributed by atoms with Crippen LogP contribution in [-0.2, 0) is 11.2 Å². The van der Waals surface area contributed by atoms with Gasteiger partial charge in [0.1, 0.15) is 17.0 Å². The summed E-state index contributed by atoms with van der Waals surface area (Å²) in [4.78, 5) is 26.8. The highest BCUT2D eigenvalue weighted by atomic mass is 32.1. The van der Waals surface area contributed by atoms with Crippen LogP contribution in [0.3, 0.4) is 0 Å². The second-order valence-electron chi connectivity index (χ2n) is 8.57.